The van der Waals surface area contributed by atoms with Crippen LogP contribution in [0, 0.1) is 5.41 Å². The Morgan fingerprint density at radius 1 is 1.29 bits per heavy atom. The third kappa shape index (κ3) is 3.41. The molecular weight excluding hydrogens is 215 g/mol. The molecule has 0 aromatic carbocycles. The number of nitrogens with one attached hydrogen (secondary N) is 1. The van der Waals surface area contributed by atoms with Gasteiger partial charge in [-0.05, 0) is 18.3 Å². The van der Waals surface area contributed by atoms with Crippen molar-refractivity contribution in [1.82, 2.24) is 10.2 Å². The van der Waals surface area contributed by atoms with Crippen LogP contribution in [0.25, 0.3) is 0 Å². The third-order valence-corrected chi connectivity index (χ3v) is 4.34. The van der Waals surface area contributed by atoms with E-state index in [0.29, 0.717) is 12.6 Å². The van der Waals surface area contributed by atoms with Crippen LogP contribution in [-0.4, -0.2) is 42.8 Å². The minimum atomic E-state index is -0.240. The van der Waals surface area contributed by atoms with Crippen LogP contribution in [-0.2, 0) is 0 Å². The maximum Gasteiger partial charge on any atom is 0.102 e. The summed E-state index contributed by atoms with van der Waals surface area (Å²) in [4.78, 5) is 2.35. The zero-order valence-electron chi connectivity index (χ0n) is 12.1. The van der Waals surface area contributed by atoms with E-state index in [-0.39, 0.29) is 17.6 Å². The molecule has 1 unspecified atom stereocenters. The lowest BCUT2D eigenvalue weighted by molar-refractivity contribution is 0.0154. The van der Waals surface area contributed by atoms with Gasteiger partial charge in [0.2, 0.25) is 0 Å². The lowest BCUT2D eigenvalue weighted by atomic mass is 9.80. The van der Waals surface area contributed by atoms with E-state index in [1.54, 1.807) is 0 Å². The van der Waals surface area contributed by atoms with Gasteiger partial charge < -0.3 is 5.32 Å². The minimum Gasteiger partial charge on any atom is -0.308 e. The van der Waals surface area contributed by atoms with Gasteiger partial charge in [0.15, 0.2) is 0 Å². The first kappa shape index (κ1) is 14.9. The Bertz CT molecular complexity index is 231. The highest BCUT2D eigenvalue weighted by Gasteiger charge is 2.40. The molecule has 0 bridgehead atoms. The maximum atomic E-state index is 12.7. The van der Waals surface area contributed by atoms with Crippen molar-refractivity contribution in [3.05, 3.63) is 0 Å². The Morgan fingerprint density at radius 2 is 1.88 bits per heavy atom. The van der Waals surface area contributed by atoms with Gasteiger partial charge in [-0.3, -0.25) is 4.90 Å². The molecule has 3 heteroatoms. The lowest BCUT2D eigenvalue weighted by Crippen LogP contribution is -2.66. The van der Waals surface area contributed by atoms with Crippen molar-refractivity contribution in [2.75, 3.05) is 26.3 Å². The van der Waals surface area contributed by atoms with Gasteiger partial charge in [-0.2, -0.15) is 0 Å². The summed E-state index contributed by atoms with van der Waals surface area (Å²) in [6.45, 7) is 13.5. The van der Waals surface area contributed by atoms with Crippen LogP contribution in [0.3, 0.4) is 0 Å². The van der Waals surface area contributed by atoms with Crippen molar-refractivity contribution in [2.24, 2.45) is 5.41 Å². The van der Waals surface area contributed by atoms with Crippen LogP contribution in [0.15, 0.2) is 0 Å². The molecule has 0 radical (unpaired) electrons. The van der Waals surface area contributed by atoms with Crippen molar-refractivity contribution in [1.29, 1.82) is 0 Å². The first-order valence-corrected chi connectivity index (χ1v) is 6.93. The molecule has 1 aliphatic rings. The second kappa shape index (κ2) is 5.66. The van der Waals surface area contributed by atoms with E-state index in [1.165, 1.54) is 0 Å². The lowest BCUT2D eigenvalue weighted by Gasteiger charge is -2.51. The van der Waals surface area contributed by atoms with Crippen LogP contribution >= 0.6 is 0 Å². The summed E-state index contributed by atoms with van der Waals surface area (Å²) < 4.78 is 12.7. The van der Waals surface area contributed by atoms with Crippen LogP contribution < -0.4 is 5.32 Å². The number of rotatable bonds is 4. The summed E-state index contributed by atoms with van der Waals surface area (Å²) >= 11 is 0. The number of hydrogen-bond donors (Lipinski definition) is 1. The smallest absolute Gasteiger partial charge is 0.102 e. The topological polar surface area (TPSA) is 15.3 Å². The van der Waals surface area contributed by atoms with E-state index >= 15 is 0 Å². The molecule has 1 atom stereocenters. The highest BCUT2D eigenvalue weighted by molar-refractivity contribution is 4.99. The van der Waals surface area contributed by atoms with Gasteiger partial charge in [0.05, 0.1) is 0 Å². The normalized spacial score (nSPS) is 26.1. The van der Waals surface area contributed by atoms with E-state index in [0.717, 1.165) is 25.9 Å². The fourth-order valence-corrected chi connectivity index (χ4v) is 2.92. The minimum absolute atomic E-state index is 0.191. The molecule has 0 aromatic heterocycles. The van der Waals surface area contributed by atoms with Crippen LogP contribution in [0.1, 0.15) is 47.5 Å². The molecule has 1 rings (SSSR count). The second-order valence-electron chi connectivity index (χ2n) is 6.41. The number of halogens is 1. The number of nitrogens with zero attached hydrogens (tertiary/aromatic N) is 1. The van der Waals surface area contributed by atoms with Crippen molar-refractivity contribution < 1.29 is 4.39 Å². The summed E-state index contributed by atoms with van der Waals surface area (Å²) in [5.41, 5.74) is 0.396. The SMILES string of the molecule is CCC1(CC)CN(CCF)C(C(C)(C)C)CN1. The standard InChI is InChI=1S/C14H29FN2/c1-6-14(7-2)11-17(9-8-15)12(10-16-14)13(3,4)5/h12,16H,6-11H2,1-5H3. The predicted octanol–water partition coefficient (Wildman–Crippen LogP) is 2.83. The monoisotopic (exact) mass is 244 g/mol. The van der Waals surface area contributed by atoms with Crippen molar-refractivity contribution in [2.45, 2.75) is 59.0 Å². The van der Waals surface area contributed by atoms with Crippen molar-refractivity contribution >= 4 is 0 Å². The van der Waals surface area contributed by atoms with Gasteiger partial charge in [-0.15, -0.1) is 0 Å². The molecule has 1 heterocycles. The molecular formula is C14H29FN2. The molecule has 1 N–H and O–H groups in total. The largest absolute Gasteiger partial charge is 0.308 e. The molecule has 0 amide bonds. The van der Waals surface area contributed by atoms with Gasteiger partial charge in [0.1, 0.15) is 6.67 Å². The second-order valence-corrected chi connectivity index (χ2v) is 6.41. The fourth-order valence-electron chi connectivity index (χ4n) is 2.92. The van der Waals surface area contributed by atoms with Crippen LogP contribution in [0.2, 0.25) is 0 Å². The first-order valence-electron chi connectivity index (χ1n) is 6.93. The molecule has 1 fully saturated rings. The summed E-state index contributed by atoms with van der Waals surface area (Å²) in [6, 6.07) is 0.435. The van der Waals surface area contributed by atoms with Crippen molar-refractivity contribution in [3.8, 4) is 0 Å². The first-order chi connectivity index (χ1) is 7.88. The zero-order chi connectivity index (χ0) is 13.1. The summed E-state index contributed by atoms with van der Waals surface area (Å²) in [5, 5.41) is 3.71. The molecule has 2 nitrogen and oxygen atoms in total. The predicted molar refractivity (Wildman–Crippen MR) is 72.1 cm³/mol. The zero-order valence-corrected chi connectivity index (χ0v) is 12.1. The molecule has 0 aromatic rings. The maximum absolute atomic E-state index is 12.7. The van der Waals surface area contributed by atoms with E-state index in [9.17, 15) is 4.39 Å². The number of alkyl halides is 1. The van der Waals surface area contributed by atoms with Gasteiger partial charge in [-0.25, -0.2) is 4.39 Å². The van der Waals surface area contributed by atoms with Crippen molar-refractivity contribution in [3.63, 3.8) is 0 Å². The van der Waals surface area contributed by atoms with E-state index in [4.69, 9.17) is 0 Å². The highest BCUT2D eigenvalue weighted by atomic mass is 19.1. The van der Waals surface area contributed by atoms with Gasteiger partial charge in [-0.1, -0.05) is 34.6 Å². The van der Waals surface area contributed by atoms with E-state index in [2.05, 4.69) is 44.8 Å². The highest BCUT2D eigenvalue weighted by Crippen LogP contribution is 2.31. The number of piperazine rings is 1. The fraction of sp³-hybridized carbons (Fsp3) is 1.00. The van der Waals surface area contributed by atoms with Crippen LogP contribution in [0.4, 0.5) is 4.39 Å². The van der Waals surface area contributed by atoms with Gasteiger partial charge in [0.25, 0.3) is 0 Å². The molecule has 0 aliphatic carbocycles. The molecule has 1 saturated heterocycles. The summed E-state index contributed by atoms with van der Waals surface area (Å²) in [5.74, 6) is 0. The molecule has 0 spiro atoms. The van der Waals surface area contributed by atoms with Crippen LogP contribution in [0.5, 0.6) is 0 Å². The average Bonchev–Trinajstić information content (AvgIpc) is 2.28. The molecule has 17 heavy (non-hydrogen) atoms. The third-order valence-electron chi connectivity index (χ3n) is 4.34. The Kier molecular flexibility index (Phi) is 4.96. The number of hydrogen-bond acceptors (Lipinski definition) is 2. The Labute approximate surface area is 106 Å². The Morgan fingerprint density at radius 3 is 2.29 bits per heavy atom. The van der Waals surface area contributed by atoms with Gasteiger partial charge in [0, 0.05) is 31.2 Å². The Balaban J connectivity index is 2.80. The quantitative estimate of drug-likeness (QED) is 0.818. The van der Waals surface area contributed by atoms with E-state index < -0.39 is 0 Å². The summed E-state index contributed by atoms with van der Waals surface area (Å²) in [6.07, 6.45) is 2.23. The Hall–Kier alpha value is -0.150. The molecule has 1 aliphatic heterocycles. The van der Waals surface area contributed by atoms with Gasteiger partial charge >= 0.3 is 0 Å². The molecule has 102 valence electrons. The van der Waals surface area contributed by atoms with E-state index in [1.807, 2.05) is 0 Å². The molecule has 0 saturated carbocycles. The summed E-state index contributed by atoms with van der Waals surface area (Å²) in [7, 11) is 0. The average molecular weight is 244 g/mol.